The number of carbonyl (C=O) groups excluding carboxylic acids is 2. The van der Waals surface area contributed by atoms with Gasteiger partial charge in [-0.05, 0) is 31.0 Å². The van der Waals surface area contributed by atoms with Gasteiger partial charge in [0.15, 0.2) is 0 Å². The lowest BCUT2D eigenvalue weighted by atomic mass is 10.1. The molecule has 0 aromatic heterocycles. The number of anilines is 1. The molecule has 0 radical (unpaired) electrons. The van der Waals surface area contributed by atoms with E-state index in [1.54, 1.807) is 18.2 Å². The second kappa shape index (κ2) is 5.56. The Hall–Kier alpha value is -1.75. The number of nitrogens with zero attached hydrogens (tertiary/aromatic N) is 1. The van der Waals surface area contributed by atoms with Gasteiger partial charge in [-0.25, -0.2) is 4.79 Å². The zero-order chi connectivity index (χ0) is 15.0. The van der Waals surface area contributed by atoms with Gasteiger partial charge in [0, 0.05) is 17.4 Å². The minimum atomic E-state index is -0.592. The van der Waals surface area contributed by atoms with Gasteiger partial charge in [-0.3, -0.25) is 9.69 Å². The molecule has 1 atom stereocenters. The van der Waals surface area contributed by atoms with E-state index in [2.05, 4.69) is 0 Å². The van der Waals surface area contributed by atoms with Crippen LogP contribution in [0, 0.1) is 5.92 Å². The van der Waals surface area contributed by atoms with E-state index in [0.29, 0.717) is 29.5 Å². The zero-order valence-electron chi connectivity index (χ0n) is 11.7. The lowest BCUT2D eigenvalue weighted by molar-refractivity contribution is -0.140. The molecular weight excluding hydrogens is 294 g/mol. The first-order chi connectivity index (χ1) is 10.1. The molecule has 6 heteroatoms. The molecule has 2 aliphatic rings. The predicted octanol–water partition coefficient (Wildman–Crippen LogP) is 2.41. The highest BCUT2D eigenvalue weighted by Crippen LogP contribution is 2.39. The molecule has 1 aromatic rings. The van der Waals surface area contributed by atoms with Gasteiger partial charge in [-0.2, -0.15) is 0 Å². The number of hydrogen-bond acceptors (Lipinski definition) is 4. The molecular formula is C15H16ClNO4. The van der Waals surface area contributed by atoms with Crippen LogP contribution in [0.5, 0.6) is 5.75 Å². The van der Waals surface area contributed by atoms with Crippen molar-refractivity contribution in [3.63, 3.8) is 0 Å². The molecule has 21 heavy (non-hydrogen) atoms. The van der Waals surface area contributed by atoms with Gasteiger partial charge in [-0.1, -0.05) is 11.6 Å². The first kappa shape index (κ1) is 14.2. The van der Waals surface area contributed by atoms with Crippen LogP contribution in [0.3, 0.4) is 0 Å². The summed E-state index contributed by atoms with van der Waals surface area (Å²) >= 11 is 6.05. The molecule has 1 heterocycles. The van der Waals surface area contributed by atoms with Crippen molar-refractivity contribution in [1.82, 2.24) is 0 Å². The van der Waals surface area contributed by atoms with Crippen LogP contribution in [0.4, 0.5) is 5.69 Å². The van der Waals surface area contributed by atoms with Crippen molar-refractivity contribution < 1.29 is 19.1 Å². The molecule has 0 spiro atoms. The molecule has 1 aliphatic carbocycles. The molecule has 112 valence electrons. The number of halogens is 1. The van der Waals surface area contributed by atoms with E-state index >= 15 is 0 Å². The van der Waals surface area contributed by atoms with Crippen LogP contribution in [0.15, 0.2) is 18.2 Å². The molecule has 1 aliphatic heterocycles. The normalized spacial score (nSPS) is 21.0. The van der Waals surface area contributed by atoms with Crippen molar-refractivity contribution in [2.75, 3.05) is 18.6 Å². The highest BCUT2D eigenvalue weighted by Gasteiger charge is 2.43. The van der Waals surface area contributed by atoms with Crippen molar-refractivity contribution in [2.45, 2.75) is 25.3 Å². The van der Waals surface area contributed by atoms with Crippen molar-refractivity contribution >= 4 is 29.2 Å². The summed E-state index contributed by atoms with van der Waals surface area (Å²) in [6.07, 6.45) is 2.22. The van der Waals surface area contributed by atoms with E-state index in [1.165, 1.54) is 12.0 Å². The second-order valence-electron chi connectivity index (χ2n) is 5.27. The van der Waals surface area contributed by atoms with Gasteiger partial charge in [0.25, 0.3) is 0 Å². The summed E-state index contributed by atoms with van der Waals surface area (Å²) in [7, 11) is 1.53. The number of ether oxygens (including phenoxy) is 2. The second-order valence-corrected chi connectivity index (χ2v) is 5.71. The summed E-state index contributed by atoms with van der Waals surface area (Å²) in [5.74, 6) is 0.0839. The van der Waals surface area contributed by atoms with E-state index in [0.717, 1.165) is 12.8 Å². The van der Waals surface area contributed by atoms with Crippen LogP contribution >= 0.6 is 11.6 Å². The number of benzene rings is 1. The van der Waals surface area contributed by atoms with Gasteiger partial charge in [-0.15, -0.1) is 0 Å². The standard InChI is InChI=1S/C15H16ClNO4/c1-20-13-5-4-10(16)8-12(13)17(14(18)9-2-3-9)11-6-7-21-15(11)19/h4-5,8-9,11H,2-3,6-7H2,1H3. The average Bonchev–Trinajstić information content (AvgIpc) is 3.24. The highest BCUT2D eigenvalue weighted by atomic mass is 35.5. The third-order valence-corrected chi connectivity index (χ3v) is 4.02. The molecule has 3 rings (SSSR count). The SMILES string of the molecule is COc1ccc(Cl)cc1N(C(=O)C1CC1)C1CCOC1=O. The zero-order valence-corrected chi connectivity index (χ0v) is 12.4. The van der Waals surface area contributed by atoms with Crippen LogP contribution in [0.2, 0.25) is 5.02 Å². The Balaban J connectivity index is 2.03. The maximum Gasteiger partial charge on any atom is 0.329 e. The smallest absolute Gasteiger partial charge is 0.329 e. The summed E-state index contributed by atoms with van der Waals surface area (Å²) in [4.78, 5) is 26.1. The molecule has 5 nitrogen and oxygen atoms in total. The van der Waals surface area contributed by atoms with Crippen molar-refractivity contribution in [2.24, 2.45) is 5.92 Å². The van der Waals surface area contributed by atoms with Crippen LogP contribution in [-0.2, 0) is 14.3 Å². The fourth-order valence-corrected chi connectivity index (χ4v) is 2.70. The maximum absolute atomic E-state index is 12.6. The monoisotopic (exact) mass is 309 g/mol. The fourth-order valence-electron chi connectivity index (χ4n) is 2.54. The van der Waals surface area contributed by atoms with Gasteiger partial charge >= 0.3 is 5.97 Å². The number of hydrogen-bond donors (Lipinski definition) is 0. The summed E-state index contributed by atoms with van der Waals surface area (Å²) in [5.41, 5.74) is 0.533. The van der Waals surface area contributed by atoms with Gasteiger partial charge in [0.05, 0.1) is 19.4 Å². The number of amides is 1. The molecule has 2 fully saturated rings. The van der Waals surface area contributed by atoms with Crippen LogP contribution < -0.4 is 9.64 Å². The molecule has 1 saturated carbocycles. The average molecular weight is 310 g/mol. The third-order valence-electron chi connectivity index (χ3n) is 3.78. The first-order valence-corrected chi connectivity index (χ1v) is 7.33. The molecule has 1 aromatic carbocycles. The summed E-state index contributed by atoms with van der Waals surface area (Å²) in [6, 6.07) is 4.46. The molecule has 0 N–H and O–H groups in total. The lowest BCUT2D eigenvalue weighted by Gasteiger charge is -2.28. The van der Waals surface area contributed by atoms with E-state index in [1.807, 2.05) is 0 Å². The highest BCUT2D eigenvalue weighted by molar-refractivity contribution is 6.31. The molecule has 1 saturated heterocycles. The van der Waals surface area contributed by atoms with Crippen molar-refractivity contribution in [3.8, 4) is 5.75 Å². The van der Waals surface area contributed by atoms with Crippen molar-refractivity contribution in [1.29, 1.82) is 0 Å². The number of cyclic esters (lactones) is 1. The molecule has 1 unspecified atom stereocenters. The Kier molecular flexibility index (Phi) is 3.76. The molecule has 1 amide bonds. The Bertz CT molecular complexity index is 585. The van der Waals surface area contributed by atoms with Crippen LogP contribution in [0.25, 0.3) is 0 Å². The maximum atomic E-state index is 12.6. The summed E-state index contributed by atoms with van der Waals surface area (Å²) in [6.45, 7) is 0.334. The van der Waals surface area contributed by atoms with Gasteiger partial charge in [0.2, 0.25) is 5.91 Å². The topological polar surface area (TPSA) is 55.8 Å². The Morgan fingerprint density at radius 2 is 2.14 bits per heavy atom. The van der Waals surface area contributed by atoms with Crippen LogP contribution in [0.1, 0.15) is 19.3 Å². The van der Waals surface area contributed by atoms with Crippen molar-refractivity contribution in [3.05, 3.63) is 23.2 Å². The quantitative estimate of drug-likeness (QED) is 0.802. The first-order valence-electron chi connectivity index (χ1n) is 6.95. The predicted molar refractivity (Wildman–Crippen MR) is 77.6 cm³/mol. The molecule has 0 bridgehead atoms. The van der Waals surface area contributed by atoms with E-state index < -0.39 is 6.04 Å². The Morgan fingerprint density at radius 3 is 2.71 bits per heavy atom. The Labute approximate surface area is 127 Å². The number of carbonyl (C=O) groups is 2. The third kappa shape index (κ3) is 2.70. The van der Waals surface area contributed by atoms with Crippen LogP contribution in [-0.4, -0.2) is 31.6 Å². The lowest BCUT2D eigenvalue weighted by Crippen LogP contribution is -2.44. The largest absolute Gasteiger partial charge is 0.495 e. The Morgan fingerprint density at radius 1 is 1.38 bits per heavy atom. The van der Waals surface area contributed by atoms with Gasteiger partial charge in [0.1, 0.15) is 11.8 Å². The fraction of sp³-hybridized carbons (Fsp3) is 0.467. The van der Waals surface area contributed by atoms with Gasteiger partial charge < -0.3 is 9.47 Å². The van der Waals surface area contributed by atoms with E-state index in [9.17, 15) is 9.59 Å². The number of rotatable bonds is 4. The minimum Gasteiger partial charge on any atom is -0.495 e. The van der Waals surface area contributed by atoms with E-state index in [4.69, 9.17) is 21.1 Å². The summed E-state index contributed by atoms with van der Waals surface area (Å²) < 4.78 is 10.3. The van der Waals surface area contributed by atoms with E-state index in [-0.39, 0.29) is 17.8 Å². The summed E-state index contributed by atoms with van der Waals surface area (Å²) in [5, 5.41) is 0.491. The number of esters is 1. The number of methoxy groups -OCH3 is 1. The minimum absolute atomic E-state index is 0.0120.